The summed E-state index contributed by atoms with van der Waals surface area (Å²) in [6.45, 7) is 2.74. The van der Waals surface area contributed by atoms with Gasteiger partial charge in [-0.1, -0.05) is 18.2 Å². The normalized spacial score (nSPS) is 21.8. The van der Waals surface area contributed by atoms with Crippen molar-refractivity contribution < 1.29 is 5.11 Å². The average molecular weight is 231 g/mol. The smallest absolute Gasteiger partial charge is 0.0490 e. The van der Waals surface area contributed by atoms with Crippen LogP contribution in [0.3, 0.4) is 0 Å². The summed E-state index contributed by atoms with van der Waals surface area (Å²) in [5, 5.41) is 9.46. The highest BCUT2D eigenvalue weighted by atomic mass is 16.3. The molecular formula is C15H21NO. The topological polar surface area (TPSA) is 23.5 Å². The zero-order chi connectivity index (χ0) is 11.7. The molecule has 1 saturated carbocycles. The molecule has 1 aromatic carbocycles. The second-order valence-electron chi connectivity index (χ2n) is 5.66. The lowest BCUT2D eigenvalue weighted by Gasteiger charge is -2.23. The monoisotopic (exact) mass is 231 g/mol. The van der Waals surface area contributed by atoms with Crippen molar-refractivity contribution >= 4 is 5.69 Å². The van der Waals surface area contributed by atoms with Crippen LogP contribution in [0.2, 0.25) is 0 Å². The molecule has 1 aliphatic heterocycles. The lowest BCUT2D eigenvalue weighted by Crippen LogP contribution is -2.21. The van der Waals surface area contributed by atoms with Crippen molar-refractivity contribution in [3.63, 3.8) is 0 Å². The fourth-order valence-corrected chi connectivity index (χ4v) is 2.90. The molecule has 1 heterocycles. The van der Waals surface area contributed by atoms with Gasteiger partial charge in [0.15, 0.2) is 0 Å². The van der Waals surface area contributed by atoms with Gasteiger partial charge in [0.2, 0.25) is 0 Å². The van der Waals surface area contributed by atoms with Crippen LogP contribution in [-0.4, -0.2) is 24.8 Å². The Bertz CT molecular complexity index is 392. The molecule has 0 unspecified atom stereocenters. The minimum atomic E-state index is 0.218. The summed E-state index contributed by atoms with van der Waals surface area (Å²) in [6.07, 6.45) is 6.07. The van der Waals surface area contributed by atoms with Gasteiger partial charge in [-0.25, -0.2) is 0 Å². The zero-order valence-corrected chi connectivity index (χ0v) is 10.4. The van der Waals surface area contributed by atoms with E-state index in [1.807, 2.05) is 0 Å². The first-order valence-corrected chi connectivity index (χ1v) is 6.77. The maximum absolute atomic E-state index is 9.46. The number of aliphatic hydroxyl groups excluding tert-OH is 1. The molecule has 0 amide bonds. The summed E-state index contributed by atoms with van der Waals surface area (Å²) in [5.74, 6) is 0. The third-order valence-electron chi connectivity index (χ3n) is 4.30. The van der Waals surface area contributed by atoms with Crippen LogP contribution in [-0.2, 0) is 6.42 Å². The Labute approximate surface area is 103 Å². The number of rotatable bonds is 4. The lowest BCUT2D eigenvalue weighted by atomic mass is 9.96. The Hall–Kier alpha value is -1.02. The second-order valence-corrected chi connectivity index (χ2v) is 5.66. The molecule has 1 aliphatic carbocycles. The quantitative estimate of drug-likeness (QED) is 0.861. The highest BCUT2D eigenvalue weighted by molar-refractivity contribution is 5.54. The van der Waals surface area contributed by atoms with Crippen LogP contribution < -0.4 is 4.90 Å². The first kappa shape index (κ1) is 11.1. The van der Waals surface area contributed by atoms with Crippen molar-refractivity contribution in [2.45, 2.75) is 32.1 Å². The van der Waals surface area contributed by atoms with E-state index in [0.29, 0.717) is 6.61 Å². The van der Waals surface area contributed by atoms with Gasteiger partial charge in [0.05, 0.1) is 0 Å². The van der Waals surface area contributed by atoms with Crippen LogP contribution in [0.25, 0.3) is 0 Å². The fraction of sp³-hybridized carbons (Fsp3) is 0.600. The number of benzene rings is 1. The van der Waals surface area contributed by atoms with Crippen LogP contribution in [0.1, 0.15) is 31.2 Å². The van der Waals surface area contributed by atoms with E-state index in [0.717, 1.165) is 6.42 Å². The largest absolute Gasteiger partial charge is 0.396 e. The van der Waals surface area contributed by atoms with Crippen LogP contribution in [0.5, 0.6) is 0 Å². The maximum Gasteiger partial charge on any atom is 0.0490 e. The van der Waals surface area contributed by atoms with Gasteiger partial charge in [-0.2, -0.15) is 0 Å². The molecule has 0 spiro atoms. The van der Waals surface area contributed by atoms with E-state index in [2.05, 4.69) is 29.2 Å². The SMILES string of the molecule is OCC1(Cc2ccccc2N2CCCC2)CC1. The molecule has 0 aromatic heterocycles. The number of hydrogen-bond acceptors (Lipinski definition) is 2. The molecule has 2 fully saturated rings. The highest BCUT2D eigenvalue weighted by Crippen LogP contribution is 2.48. The molecule has 0 radical (unpaired) electrons. The standard InChI is InChI=1S/C15H21NO/c17-12-15(7-8-15)11-13-5-1-2-6-14(13)16-9-3-4-10-16/h1-2,5-6,17H,3-4,7-12H2. The van der Waals surface area contributed by atoms with Gasteiger partial charge in [0, 0.05) is 25.4 Å². The van der Waals surface area contributed by atoms with Crippen molar-refractivity contribution in [1.82, 2.24) is 0 Å². The molecule has 2 aliphatic rings. The Morgan fingerprint density at radius 3 is 2.47 bits per heavy atom. The van der Waals surface area contributed by atoms with E-state index in [1.54, 1.807) is 0 Å². The molecule has 0 bridgehead atoms. The summed E-state index contributed by atoms with van der Waals surface area (Å²) in [6, 6.07) is 8.75. The van der Waals surface area contributed by atoms with Gasteiger partial charge >= 0.3 is 0 Å². The van der Waals surface area contributed by atoms with Crippen LogP contribution in [0.4, 0.5) is 5.69 Å². The Morgan fingerprint density at radius 1 is 1.12 bits per heavy atom. The molecule has 92 valence electrons. The summed E-state index contributed by atoms with van der Waals surface area (Å²) in [5.41, 5.74) is 3.06. The van der Waals surface area contributed by atoms with Crippen molar-refractivity contribution in [2.24, 2.45) is 5.41 Å². The Morgan fingerprint density at radius 2 is 1.82 bits per heavy atom. The predicted molar refractivity (Wildman–Crippen MR) is 70.3 cm³/mol. The van der Waals surface area contributed by atoms with Gasteiger partial charge in [0.1, 0.15) is 0 Å². The van der Waals surface area contributed by atoms with Crippen molar-refractivity contribution in [3.8, 4) is 0 Å². The Balaban J connectivity index is 1.83. The minimum absolute atomic E-state index is 0.218. The van der Waals surface area contributed by atoms with Crippen LogP contribution in [0, 0.1) is 5.41 Å². The van der Waals surface area contributed by atoms with Crippen LogP contribution in [0.15, 0.2) is 24.3 Å². The Kier molecular flexibility index (Phi) is 2.83. The molecule has 1 N–H and O–H groups in total. The summed E-state index contributed by atoms with van der Waals surface area (Å²) >= 11 is 0. The highest BCUT2D eigenvalue weighted by Gasteiger charge is 2.42. The number of nitrogens with zero attached hydrogens (tertiary/aromatic N) is 1. The average Bonchev–Trinajstić information content (AvgIpc) is 2.92. The molecular weight excluding hydrogens is 210 g/mol. The molecule has 1 saturated heterocycles. The van der Waals surface area contributed by atoms with E-state index in [-0.39, 0.29) is 5.41 Å². The van der Waals surface area contributed by atoms with Gasteiger partial charge < -0.3 is 10.0 Å². The molecule has 2 heteroatoms. The zero-order valence-electron chi connectivity index (χ0n) is 10.4. The van der Waals surface area contributed by atoms with E-state index >= 15 is 0 Å². The van der Waals surface area contributed by atoms with Crippen molar-refractivity contribution in [2.75, 3.05) is 24.6 Å². The maximum atomic E-state index is 9.46. The number of hydrogen-bond donors (Lipinski definition) is 1. The third-order valence-corrected chi connectivity index (χ3v) is 4.30. The van der Waals surface area contributed by atoms with Gasteiger partial charge in [-0.15, -0.1) is 0 Å². The van der Waals surface area contributed by atoms with Crippen molar-refractivity contribution in [3.05, 3.63) is 29.8 Å². The van der Waals surface area contributed by atoms with E-state index < -0.39 is 0 Å². The first-order valence-electron chi connectivity index (χ1n) is 6.77. The molecule has 3 rings (SSSR count). The van der Waals surface area contributed by atoms with E-state index in [4.69, 9.17) is 0 Å². The first-order chi connectivity index (χ1) is 8.33. The third kappa shape index (κ3) is 2.19. The molecule has 2 nitrogen and oxygen atoms in total. The number of anilines is 1. The fourth-order valence-electron chi connectivity index (χ4n) is 2.90. The minimum Gasteiger partial charge on any atom is -0.396 e. The summed E-state index contributed by atoms with van der Waals surface area (Å²) in [7, 11) is 0. The van der Waals surface area contributed by atoms with Crippen molar-refractivity contribution in [1.29, 1.82) is 0 Å². The van der Waals surface area contributed by atoms with Crippen LogP contribution >= 0.6 is 0 Å². The summed E-state index contributed by atoms with van der Waals surface area (Å²) in [4.78, 5) is 2.50. The van der Waals surface area contributed by atoms with Gasteiger partial charge in [-0.05, 0) is 49.1 Å². The number of para-hydroxylation sites is 1. The molecule has 1 aromatic rings. The lowest BCUT2D eigenvalue weighted by molar-refractivity contribution is 0.211. The predicted octanol–water partition coefficient (Wildman–Crippen LogP) is 2.60. The van der Waals surface area contributed by atoms with E-state index in [1.165, 1.54) is 50.0 Å². The number of aliphatic hydroxyl groups is 1. The van der Waals surface area contributed by atoms with Gasteiger partial charge in [-0.3, -0.25) is 0 Å². The van der Waals surface area contributed by atoms with E-state index in [9.17, 15) is 5.11 Å². The molecule has 17 heavy (non-hydrogen) atoms. The molecule has 0 atom stereocenters. The summed E-state index contributed by atoms with van der Waals surface area (Å²) < 4.78 is 0. The van der Waals surface area contributed by atoms with Gasteiger partial charge in [0.25, 0.3) is 0 Å². The second kappa shape index (κ2) is 4.34.